The van der Waals surface area contributed by atoms with Gasteiger partial charge in [0.25, 0.3) is 0 Å². The number of hydrogen-bond acceptors (Lipinski definition) is 1. The lowest BCUT2D eigenvalue weighted by Crippen LogP contribution is -2.12. The first-order chi connectivity index (χ1) is 9.39. The van der Waals surface area contributed by atoms with Crippen LogP contribution in [-0.4, -0.2) is 0 Å². The van der Waals surface area contributed by atoms with Gasteiger partial charge >= 0.3 is 6.18 Å². The second-order valence-corrected chi connectivity index (χ2v) is 5.28. The minimum absolute atomic E-state index is 0.132. The van der Waals surface area contributed by atoms with Gasteiger partial charge in [-0.2, -0.15) is 13.2 Å². The summed E-state index contributed by atoms with van der Waals surface area (Å²) in [6, 6.07) is 11.2. The van der Waals surface area contributed by atoms with Gasteiger partial charge in [0.2, 0.25) is 0 Å². The van der Waals surface area contributed by atoms with E-state index in [1.54, 1.807) is 6.07 Å². The molecule has 0 aliphatic carbocycles. The molecule has 0 saturated heterocycles. The van der Waals surface area contributed by atoms with Gasteiger partial charge in [-0.15, -0.1) is 0 Å². The van der Waals surface area contributed by atoms with Gasteiger partial charge in [-0.3, -0.25) is 0 Å². The highest BCUT2D eigenvalue weighted by Crippen LogP contribution is 2.32. The van der Waals surface area contributed by atoms with E-state index in [0.29, 0.717) is 0 Å². The molecule has 0 amide bonds. The SMILES string of the molecule is Cc1c(Br)cccc1NCc1ccccc1C(F)(F)F. The summed E-state index contributed by atoms with van der Waals surface area (Å²) in [5, 5.41) is 3.05. The zero-order valence-corrected chi connectivity index (χ0v) is 12.3. The van der Waals surface area contributed by atoms with Crippen LogP contribution in [0.4, 0.5) is 18.9 Å². The third-order valence-corrected chi connectivity index (χ3v) is 3.92. The van der Waals surface area contributed by atoms with Crippen molar-refractivity contribution in [1.82, 2.24) is 0 Å². The molecule has 1 nitrogen and oxygen atoms in total. The molecule has 0 aliphatic heterocycles. The van der Waals surface area contributed by atoms with Crippen molar-refractivity contribution in [3.8, 4) is 0 Å². The molecule has 106 valence electrons. The van der Waals surface area contributed by atoms with Gasteiger partial charge in [0.15, 0.2) is 0 Å². The van der Waals surface area contributed by atoms with Crippen LogP contribution in [0, 0.1) is 6.92 Å². The van der Waals surface area contributed by atoms with Crippen molar-refractivity contribution >= 4 is 21.6 Å². The lowest BCUT2D eigenvalue weighted by atomic mass is 10.1. The summed E-state index contributed by atoms with van der Waals surface area (Å²) in [6.07, 6.45) is -4.33. The molecule has 0 aromatic heterocycles. The normalized spacial score (nSPS) is 11.4. The van der Waals surface area contributed by atoms with E-state index in [2.05, 4.69) is 21.2 Å². The van der Waals surface area contributed by atoms with Gasteiger partial charge in [0.1, 0.15) is 0 Å². The van der Waals surface area contributed by atoms with Gasteiger partial charge in [0, 0.05) is 16.7 Å². The molecule has 0 radical (unpaired) electrons. The van der Waals surface area contributed by atoms with Gasteiger partial charge in [-0.1, -0.05) is 40.2 Å². The van der Waals surface area contributed by atoms with Crippen LogP contribution in [0.3, 0.4) is 0 Å². The second-order valence-electron chi connectivity index (χ2n) is 4.42. The second kappa shape index (κ2) is 5.87. The minimum Gasteiger partial charge on any atom is -0.381 e. The van der Waals surface area contributed by atoms with E-state index in [1.165, 1.54) is 12.1 Å². The van der Waals surface area contributed by atoms with Crippen LogP contribution in [0.2, 0.25) is 0 Å². The number of hydrogen-bond donors (Lipinski definition) is 1. The summed E-state index contributed by atoms with van der Waals surface area (Å²) >= 11 is 3.40. The first-order valence-corrected chi connectivity index (χ1v) is 6.83. The van der Waals surface area contributed by atoms with Crippen LogP contribution in [0.5, 0.6) is 0 Å². The van der Waals surface area contributed by atoms with E-state index in [9.17, 15) is 13.2 Å². The van der Waals surface area contributed by atoms with E-state index in [1.807, 2.05) is 25.1 Å². The lowest BCUT2D eigenvalue weighted by molar-refractivity contribution is -0.138. The maximum Gasteiger partial charge on any atom is 0.416 e. The maximum absolute atomic E-state index is 12.9. The molecule has 20 heavy (non-hydrogen) atoms. The Hall–Kier alpha value is -1.49. The molecule has 0 fully saturated rings. The van der Waals surface area contributed by atoms with Gasteiger partial charge < -0.3 is 5.32 Å². The van der Waals surface area contributed by atoms with Crippen molar-refractivity contribution in [2.24, 2.45) is 0 Å². The number of alkyl halides is 3. The topological polar surface area (TPSA) is 12.0 Å². The Balaban J connectivity index is 2.22. The van der Waals surface area contributed by atoms with Crippen molar-refractivity contribution in [1.29, 1.82) is 0 Å². The Kier molecular flexibility index (Phi) is 4.38. The van der Waals surface area contributed by atoms with Gasteiger partial charge in [0.05, 0.1) is 5.56 Å². The quantitative estimate of drug-likeness (QED) is 0.787. The molecule has 0 saturated carbocycles. The summed E-state index contributed by atoms with van der Waals surface area (Å²) < 4.78 is 39.6. The molecule has 0 unspecified atom stereocenters. The third kappa shape index (κ3) is 3.33. The van der Waals surface area contributed by atoms with E-state index in [0.717, 1.165) is 21.8 Å². The highest BCUT2D eigenvalue weighted by atomic mass is 79.9. The van der Waals surface area contributed by atoms with Crippen molar-refractivity contribution in [2.75, 3.05) is 5.32 Å². The first-order valence-electron chi connectivity index (χ1n) is 6.03. The summed E-state index contributed by atoms with van der Waals surface area (Å²) in [5.74, 6) is 0. The Morgan fingerprint density at radius 2 is 1.75 bits per heavy atom. The van der Waals surface area contributed by atoms with Crippen molar-refractivity contribution in [2.45, 2.75) is 19.6 Å². The zero-order chi connectivity index (χ0) is 14.8. The maximum atomic E-state index is 12.9. The standard InChI is InChI=1S/C15H13BrF3N/c1-10-13(16)7-4-8-14(10)20-9-11-5-2-3-6-12(11)15(17,18)19/h2-8,20H,9H2,1H3. The van der Waals surface area contributed by atoms with E-state index < -0.39 is 11.7 Å². The van der Waals surface area contributed by atoms with Crippen molar-refractivity contribution in [3.05, 3.63) is 63.6 Å². The third-order valence-electron chi connectivity index (χ3n) is 3.06. The van der Waals surface area contributed by atoms with Crippen LogP contribution in [0.25, 0.3) is 0 Å². The van der Waals surface area contributed by atoms with Crippen molar-refractivity contribution in [3.63, 3.8) is 0 Å². The molecule has 0 aliphatic rings. The monoisotopic (exact) mass is 343 g/mol. The summed E-state index contributed by atoms with van der Waals surface area (Å²) in [7, 11) is 0. The van der Waals surface area contributed by atoms with E-state index in [-0.39, 0.29) is 12.1 Å². The number of anilines is 1. The molecular weight excluding hydrogens is 331 g/mol. The smallest absolute Gasteiger partial charge is 0.381 e. The zero-order valence-electron chi connectivity index (χ0n) is 10.8. The highest BCUT2D eigenvalue weighted by molar-refractivity contribution is 9.10. The van der Waals surface area contributed by atoms with Crippen LogP contribution < -0.4 is 5.32 Å². The predicted octanol–water partition coefficient (Wildman–Crippen LogP) is 5.39. The van der Waals surface area contributed by atoms with Crippen LogP contribution in [0.15, 0.2) is 46.9 Å². The van der Waals surface area contributed by atoms with Crippen molar-refractivity contribution < 1.29 is 13.2 Å². The Bertz CT molecular complexity index is 608. The van der Waals surface area contributed by atoms with E-state index >= 15 is 0 Å². The molecular formula is C15H13BrF3N. The average Bonchev–Trinajstić information content (AvgIpc) is 2.40. The Morgan fingerprint density at radius 3 is 2.45 bits per heavy atom. The molecule has 2 rings (SSSR count). The Labute approximate surface area is 123 Å². The fourth-order valence-corrected chi connectivity index (χ4v) is 2.31. The van der Waals surface area contributed by atoms with Crippen LogP contribution >= 0.6 is 15.9 Å². The fourth-order valence-electron chi connectivity index (χ4n) is 1.94. The largest absolute Gasteiger partial charge is 0.416 e. The molecule has 0 spiro atoms. The van der Waals surface area contributed by atoms with Crippen LogP contribution in [-0.2, 0) is 12.7 Å². The van der Waals surface area contributed by atoms with Gasteiger partial charge in [-0.25, -0.2) is 0 Å². The Morgan fingerprint density at radius 1 is 1.05 bits per heavy atom. The molecule has 0 bridgehead atoms. The number of halogens is 4. The van der Waals surface area contributed by atoms with Gasteiger partial charge in [-0.05, 0) is 36.2 Å². The summed E-state index contributed by atoms with van der Waals surface area (Å²) in [4.78, 5) is 0. The number of rotatable bonds is 3. The molecule has 2 aromatic rings. The molecule has 2 aromatic carbocycles. The molecule has 5 heteroatoms. The predicted molar refractivity (Wildman–Crippen MR) is 77.6 cm³/mol. The summed E-state index contributed by atoms with van der Waals surface area (Å²) in [6.45, 7) is 2.04. The van der Waals surface area contributed by atoms with Crippen LogP contribution in [0.1, 0.15) is 16.7 Å². The first kappa shape index (κ1) is 14.9. The highest BCUT2D eigenvalue weighted by Gasteiger charge is 2.32. The van der Waals surface area contributed by atoms with E-state index in [4.69, 9.17) is 0 Å². The minimum atomic E-state index is -4.33. The number of benzene rings is 2. The lowest BCUT2D eigenvalue weighted by Gasteiger charge is -2.15. The average molecular weight is 344 g/mol. The number of nitrogens with one attached hydrogen (secondary N) is 1. The molecule has 0 atom stereocenters. The fraction of sp³-hybridized carbons (Fsp3) is 0.200. The molecule has 1 N–H and O–H groups in total. The molecule has 0 heterocycles. The summed E-state index contributed by atoms with van der Waals surface area (Å²) in [5.41, 5.74) is 1.42.